The fourth-order valence-electron chi connectivity index (χ4n) is 4.60. The third-order valence-corrected chi connectivity index (χ3v) is 5.80. The highest BCUT2D eigenvalue weighted by atomic mass is 19.1. The molecule has 2 heterocycles. The highest BCUT2D eigenvalue weighted by Crippen LogP contribution is 2.69. The Hall–Kier alpha value is -3.73. The molecule has 0 radical (unpaired) electrons. The first-order valence-electron chi connectivity index (χ1n) is 8.88. The van der Waals surface area contributed by atoms with Crippen LogP contribution in [0.2, 0.25) is 0 Å². The zero-order valence-corrected chi connectivity index (χ0v) is 15.4. The molecular formula is C22H15FN4O2. The Morgan fingerprint density at radius 2 is 1.62 bits per heavy atom. The maximum atomic E-state index is 13.9. The van der Waals surface area contributed by atoms with E-state index in [2.05, 4.69) is 6.07 Å². The summed E-state index contributed by atoms with van der Waals surface area (Å²) in [6.07, 6.45) is -1.29. The fourth-order valence-corrected chi connectivity index (χ4v) is 4.60. The van der Waals surface area contributed by atoms with E-state index < -0.39 is 40.4 Å². The van der Waals surface area contributed by atoms with Gasteiger partial charge in [0.2, 0.25) is 17.1 Å². The van der Waals surface area contributed by atoms with Crippen LogP contribution in [0.25, 0.3) is 0 Å². The van der Waals surface area contributed by atoms with Crippen molar-refractivity contribution in [2.45, 2.75) is 24.7 Å². The zero-order valence-electron chi connectivity index (χ0n) is 15.4. The summed E-state index contributed by atoms with van der Waals surface area (Å²) in [6.45, 7) is 1.57. The maximum Gasteiger partial charge on any atom is 0.218 e. The Bertz CT molecular complexity index is 1120. The molecule has 6 nitrogen and oxygen atoms in total. The number of hydrogen-bond donors (Lipinski definition) is 1. The standard InChI is InChI=1S/C22H15FN4O2/c1-20-17(14-6-3-2-4-7-14)22(13-26,19(27)29-20)21(11-24,12-25)18(28-20)15-8-5-9-16(23)10-15/h2-10,17-18,27H,1H3/t17-,18-,20+,22-/m0/s1. The summed E-state index contributed by atoms with van der Waals surface area (Å²) in [4.78, 5) is 0. The molecule has 2 saturated heterocycles. The molecule has 2 aromatic carbocycles. The average molecular weight is 386 g/mol. The second kappa shape index (κ2) is 6.14. The summed E-state index contributed by atoms with van der Waals surface area (Å²) >= 11 is 0. The molecule has 0 spiro atoms. The predicted octanol–water partition coefficient (Wildman–Crippen LogP) is 3.95. The lowest BCUT2D eigenvalue weighted by Gasteiger charge is -2.48. The van der Waals surface area contributed by atoms with Crippen LogP contribution < -0.4 is 0 Å². The molecule has 2 bridgehead atoms. The van der Waals surface area contributed by atoms with E-state index in [-0.39, 0.29) is 5.56 Å². The van der Waals surface area contributed by atoms with Gasteiger partial charge >= 0.3 is 0 Å². The van der Waals surface area contributed by atoms with Crippen LogP contribution in [0.5, 0.6) is 0 Å². The van der Waals surface area contributed by atoms with Crippen LogP contribution in [-0.2, 0) is 9.47 Å². The molecule has 0 amide bonds. The minimum absolute atomic E-state index is 0.226. The molecule has 7 heteroatoms. The molecule has 142 valence electrons. The van der Waals surface area contributed by atoms with Gasteiger partial charge in [0.25, 0.3) is 0 Å². The number of benzene rings is 2. The number of halogens is 1. The molecule has 0 saturated carbocycles. The smallest absolute Gasteiger partial charge is 0.218 e. The average Bonchev–Trinajstić information content (AvgIpc) is 2.91. The van der Waals surface area contributed by atoms with E-state index in [4.69, 9.17) is 14.9 Å². The van der Waals surface area contributed by atoms with Crippen molar-refractivity contribution in [3.63, 3.8) is 0 Å². The number of nitriles is 3. The molecule has 1 N–H and O–H groups in total. The number of hydrogen-bond acceptors (Lipinski definition) is 6. The molecule has 2 aromatic rings. The van der Waals surface area contributed by atoms with E-state index in [9.17, 15) is 20.2 Å². The van der Waals surface area contributed by atoms with Gasteiger partial charge in [0, 0.05) is 6.92 Å². The van der Waals surface area contributed by atoms with E-state index in [1.54, 1.807) is 37.3 Å². The van der Waals surface area contributed by atoms with Crippen molar-refractivity contribution in [1.29, 1.82) is 21.2 Å². The van der Waals surface area contributed by atoms with Gasteiger partial charge in [-0.3, -0.25) is 5.41 Å². The number of nitrogens with one attached hydrogen (secondary N) is 1. The van der Waals surface area contributed by atoms with Crippen molar-refractivity contribution in [2.75, 3.05) is 0 Å². The van der Waals surface area contributed by atoms with Crippen molar-refractivity contribution < 1.29 is 13.9 Å². The summed E-state index contributed by atoms with van der Waals surface area (Å²) in [5, 5.41) is 39.1. The minimum atomic E-state index is -2.14. The summed E-state index contributed by atoms with van der Waals surface area (Å²) in [7, 11) is 0. The lowest BCUT2D eigenvalue weighted by Crippen LogP contribution is -2.57. The predicted molar refractivity (Wildman–Crippen MR) is 98.3 cm³/mol. The number of ether oxygens (including phenoxy) is 2. The lowest BCUT2D eigenvalue weighted by atomic mass is 9.52. The second-order valence-corrected chi connectivity index (χ2v) is 7.30. The van der Waals surface area contributed by atoms with Crippen LogP contribution in [0.15, 0.2) is 54.6 Å². The van der Waals surface area contributed by atoms with E-state index >= 15 is 0 Å². The monoisotopic (exact) mass is 386 g/mol. The van der Waals surface area contributed by atoms with E-state index in [1.807, 2.05) is 12.1 Å². The molecule has 0 aliphatic carbocycles. The van der Waals surface area contributed by atoms with Crippen molar-refractivity contribution >= 4 is 5.90 Å². The Labute approximate surface area is 166 Å². The molecule has 0 unspecified atom stereocenters. The van der Waals surface area contributed by atoms with Crippen LogP contribution in [0, 0.1) is 56.0 Å². The van der Waals surface area contributed by atoms with Gasteiger partial charge in [-0.05, 0) is 23.3 Å². The highest BCUT2D eigenvalue weighted by molar-refractivity contribution is 5.90. The molecule has 2 aliphatic rings. The molecule has 2 aliphatic heterocycles. The lowest BCUT2D eigenvalue weighted by molar-refractivity contribution is -0.253. The SMILES string of the molecule is C[C@@]12OC(=N)[C@](C#N)([C@H]1c1ccccc1)C(C#N)(C#N)[C@H](c1cccc(F)c1)O2. The van der Waals surface area contributed by atoms with Gasteiger partial charge in [-0.15, -0.1) is 0 Å². The van der Waals surface area contributed by atoms with Gasteiger partial charge in [0.05, 0.1) is 24.1 Å². The van der Waals surface area contributed by atoms with Gasteiger partial charge in [0.1, 0.15) is 11.9 Å². The maximum absolute atomic E-state index is 13.9. The summed E-state index contributed by atoms with van der Waals surface area (Å²) in [6, 6.07) is 20.1. The van der Waals surface area contributed by atoms with Crippen LogP contribution in [-0.4, -0.2) is 11.7 Å². The first-order chi connectivity index (χ1) is 13.9. The van der Waals surface area contributed by atoms with Gasteiger partial charge in [0.15, 0.2) is 5.41 Å². The fraction of sp³-hybridized carbons (Fsp3) is 0.273. The molecule has 2 fully saturated rings. The van der Waals surface area contributed by atoms with Gasteiger partial charge in [-0.2, -0.15) is 15.8 Å². The Balaban J connectivity index is 2.05. The van der Waals surface area contributed by atoms with Crippen LogP contribution in [0.3, 0.4) is 0 Å². The Morgan fingerprint density at radius 3 is 2.21 bits per heavy atom. The van der Waals surface area contributed by atoms with Crippen LogP contribution in [0.1, 0.15) is 30.1 Å². The van der Waals surface area contributed by atoms with E-state index in [0.29, 0.717) is 5.56 Å². The molecule has 4 rings (SSSR count). The minimum Gasteiger partial charge on any atom is -0.447 e. The first kappa shape index (κ1) is 18.6. The molecule has 29 heavy (non-hydrogen) atoms. The van der Waals surface area contributed by atoms with Crippen molar-refractivity contribution in [3.8, 4) is 18.2 Å². The summed E-state index contributed by atoms with van der Waals surface area (Å²) in [5.41, 5.74) is -3.25. The topological polar surface area (TPSA) is 114 Å². The van der Waals surface area contributed by atoms with Crippen molar-refractivity contribution in [3.05, 3.63) is 71.5 Å². The van der Waals surface area contributed by atoms with E-state index in [1.165, 1.54) is 18.2 Å². The summed E-state index contributed by atoms with van der Waals surface area (Å²) in [5.74, 6) is -3.47. The normalized spacial score (nSPS) is 31.8. The third-order valence-electron chi connectivity index (χ3n) is 5.80. The molecule has 0 aromatic heterocycles. The van der Waals surface area contributed by atoms with Crippen molar-refractivity contribution in [2.24, 2.45) is 10.8 Å². The first-order valence-corrected chi connectivity index (χ1v) is 8.88. The summed E-state index contributed by atoms with van der Waals surface area (Å²) < 4.78 is 25.8. The van der Waals surface area contributed by atoms with Crippen LogP contribution >= 0.6 is 0 Å². The number of fused-ring (bicyclic) bond motifs is 2. The Kier molecular flexibility index (Phi) is 3.94. The second-order valence-electron chi connectivity index (χ2n) is 7.30. The third kappa shape index (κ3) is 2.18. The van der Waals surface area contributed by atoms with Gasteiger partial charge in [-0.1, -0.05) is 42.5 Å². The highest BCUT2D eigenvalue weighted by Gasteiger charge is 2.79. The van der Waals surface area contributed by atoms with Crippen molar-refractivity contribution in [1.82, 2.24) is 0 Å². The van der Waals surface area contributed by atoms with Crippen LogP contribution in [0.4, 0.5) is 4.39 Å². The largest absolute Gasteiger partial charge is 0.447 e. The molecule has 4 atom stereocenters. The van der Waals surface area contributed by atoms with Gasteiger partial charge in [-0.25, -0.2) is 4.39 Å². The zero-order chi connectivity index (χ0) is 20.9. The van der Waals surface area contributed by atoms with Gasteiger partial charge < -0.3 is 9.47 Å². The number of nitrogens with zero attached hydrogens (tertiary/aromatic N) is 3. The molecular weight excluding hydrogens is 371 g/mol. The van der Waals surface area contributed by atoms with E-state index in [0.717, 1.165) is 6.07 Å². The quantitative estimate of drug-likeness (QED) is 0.839. The number of rotatable bonds is 2. The Morgan fingerprint density at radius 1 is 0.966 bits per heavy atom.